The molecule has 0 aliphatic carbocycles. The number of furan rings is 1. The van der Waals surface area contributed by atoms with Crippen LogP contribution in [0, 0.1) is 19.3 Å². The van der Waals surface area contributed by atoms with Crippen molar-refractivity contribution < 1.29 is 17.6 Å². The Kier molecular flexibility index (Phi) is 7.79. The summed E-state index contributed by atoms with van der Waals surface area (Å²) in [6.45, 7) is 5.91. The largest absolute Gasteiger partial charge is 0.469 e. The van der Waals surface area contributed by atoms with Crippen LogP contribution < -0.4 is 5.73 Å². The molecular weight excluding hydrogens is 447 g/mol. The first-order chi connectivity index (χ1) is 15.6. The summed E-state index contributed by atoms with van der Waals surface area (Å²) in [6.07, 6.45) is 2.99. The first kappa shape index (κ1) is 24.8. The van der Waals surface area contributed by atoms with Gasteiger partial charge in [-0.3, -0.25) is 5.41 Å². The van der Waals surface area contributed by atoms with Crippen molar-refractivity contribution >= 4 is 17.0 Å². The van der Waals surface area contributed by atoms with Crippen LogP contribution in [-0.2, 0) is 6.42 Å². The van der Waals surface area contributed by atoms with E-state index in [-0.39, 0.29) is 5.69 Å². The Labute approximate surface area is 195 Å². The molecule has 0 bridgehead atoms. The van der Waals surface area contributed by atoms with Crippen molar-refractivity contribution in [2.75, 3.05) is 0 Å². The number of alkyl halides is 3. The van der Waals surface area contributed by atoms with E-state index >= 15 is 0 Å². The van der Waals surface area contributed by atoms with E-state index in [0.717, 1.165) is 53.0 Å². The van der Waals surface area contributed by atoms with E-state index in [4.69, 9.17) is 15.6 Å². The minimum absolute atomic E-state index is 0.123. The van der Waals surface area contributed by atoms with Crippen molar-refractivity contribution in [3.8, 4) is 21.7 Å². The summed E-state index contributed by atoms with van der Waals surface area (Å²) in [7, 11) is 0. The van der Waals surface area contributed by atoms with E-state index in [9.17, 15) is 13.2 Å². The second-order valence-electron chi connectivity index (χ2n) is 8.05. The highest BCUT2D eigenvalue weighted by molar-refractivity contribution is 7.13. The number of unbranched alkanes of at least 4 members (excludes halogenated alkanes) is 3. The Morgan fingerprint density at radius 2 is 1.97 bits per heavy atom. The van der Waals surface area contributed by atoms with Crippen molar-refractivity contribution in [3.05, 3.63) is 64.2 Å². The number of pyridine rings is 1. The molecule has 33 heavy (non-hydrogen) atoms. The van der Waals surface area contributed by atoms with Crippen LogP contribution >= 0.6 is 11.3 Å². The molecular formula is C25H28F3N3OS. The van der Waals surface area contributed by atoms with Gasteiger partial charge in [-0.05, 0) is 73.0 Å². The van der Waals surface area contributed by atoms with Gasteiger partial charge in [-0.15, -0.1) is 11.3 Å². The lowest BCUT2D eigenvalue weighted by atomic mass is 10.0. The number of halogens is 3. The molecule has 0 radical (unpaired) electrons. The maximum absolute atomic E-state index is 12.9. The molecule has 0 aromatic carbocycles. The molecule has 4 nitrogen and oxygen atoms in total. The highest BCUT2D eigenvalue weighted by Gasteiger charge is 2.31. The summed E-state index contributed by atoms with van der Waals surface area (Å²) >= 11 is 1.58. The highest BCUT2D eigenvalue weighted by Crippen LogP contribution is 2.35. The molecule has 3 aromatic heterocycles. The maximum Gasteiger partial charge on any atom is 0.430 e. The normalized spacial score (nSPS) is 12.4. The fourth-order valence-corrected chi connectivity index (χ4v) is 4.49. The van der Waals surface area contributed by atoms with Gasteiger partial charge in [-0.2, -0.15) is 13.2 Å². The van der Waals surface area contributed by atoms with E-state index in [1.165, 1.54) is 12.0 Å². The number of aromatic nitrogens is 1. The molecule has 0 aliphatic rings. The van der Waals surface area contributed by atoms with Gasteiger partial charge in [-0.25, -0.2) is 4.98 Å². The van der Waals surface area contributed by atoms with Gasteiger partial charge in [0.1, 0.15) is 17.7 Å². The zero-order valence-electron chi connectivity index (χ0n) is 19.0. The van der Waals surface area contributed by atoms with E-state index < -0.39 is 17.6 Å². The van der Waals surface area contributed by atoms with Crippen LogP contribution in [0.1, 0.15) is 55.2 Å². The lowest BCUT2D eigenvalue weighted by Gasteiger charge is -2.11. The van der Waals surface area contributed by atoms with E-state index in [1.54, 1.807) is 23.7 Å². The monoisotopic (exact) mass is 475 g/mol. The predicted molar refractivity (Wildman–Crippen MR) is 128 cm³/mol. The zero-order valence-corrected chi connectivity index (χ0v) is 19.8. The lowest BCUT2D eigenvalue weighted by molar-refractivity contribution is -0.0925. The molecule has 0 spiro atoms. The van der Waals surface area contributed by atoms with Crippen LogP contribution in [0.15, 0.2) is 46.0 Å². The van der Waals surface area contributed by atoms with Crippen molar-refractivity contribution in [2.24, 2.45) is 5.73 Å². The second-order valence-corrected chi connectivity index (χ2v) is 8.97. The Morgan fingerprint density at radius 1 is 1.21 bits per heavy atom. The molecule has 0 fully saturated rings. The number of hydrogen-bond acceptors (Lipinski definition) is 5. The van der Waals surface area contributed by atoms with Crippen LogP contribution in [0.5, 0.6) is 0 Å². The molecule has 0 aliphatic heterocycles. The van der Waals surface area contributed by atoms with Gasteiger partial charge in [0.05, 0.1) is 17.1 Å². The van der Waals surface area contributed by atoms with Crippen LogP contribution in [0.4, 0.5) is 13.2 Å². The standard InChI is InChI=1S/C25H28F3N3OS/c1-4-5-6-7-8-17-9-10-33-24(17)18-11-21(19-14-32-16(3)15(19)2)31-22(12-18)20(29)13-23(30)25(26,27)28/h9-14,29H,4-8,30H2,1-3H3. The lowest BCUT2D eigenvalue weighted by Crippen LogP contribution is -2.21. The molecule has 0 amide bonds. The summed E-state index contributed by atoms with van der Waals surface area (Å²) in [6, 6.07) is 5.66. The molecule has 3 N–H and O–H groups in total. The van der Waals surface area contributed by atoms with E-state index in [0.29, 0.717) is 11.8 Å². The quantitative estimate of drug-likeness (QED) is 0.247. The maximum atomic E-state index is 12.9. The topological polar surface area (TPSA) is 75.9 Å². The highest BCUT2D eigenvalue weighted by atomic mass is 32.1. The third-order valence-corrected chi connectivity index (χ3v) is 6.60. The molecule has 3 aromatic rings. The number of allylic oxidation sites excluding steroid dienone is 2. The molecule has 8 heteroatoms. The second kappa shape index (κ2) is 10.4. The summed E-state index contributed by atoms with van der Waals surface area (Å²) in [5.74, 6) is 0.739. The third kappa shape index (κ3) is 5.93. The van der Waals surface area contributed by atoms with E-state index in [1.807, 2.05) is 25.3 Å². The predicted octanol–water partition coefficient (Wildman–Crippen LogP) is 7.58. The van der Waals surface area contributed by atoms with Crippen LogP contribution in [-0.4, -0.2) is 16.9 Å². The summed E-state index contributed by atoms with van der Waals surface area (Å²) in [5.41, 5.74) is 7.75. The first-order valence-corrected chi connectivity index (χ1v) is 11.8. The number of hydrogen-bond donors (Lipinski definition) is 2. The average Bonchev–Trinajstić information content (AvgIpc) is 3.37. The van der Waals surface area contributed by atoms with Gasteiger partial charge in [0.2, 0.25) is 0 Å². The van der Waals surface area contributed by atoms with Crippen LogP contribution in [0.3, 0.4) is 0 Å². The SMILES string of the molecule is CCCCCCc1ccsc1-c1cc(C(=N)C=C(N)C(F)(F)F)nc(-c2coc(C)c2C)c1. The minimum Gasteiger partial charge on any atom is -0.469 e. The first-order valence-electron chi connectivity index (χ1n) is 10.9. The van der Waals surface area contributed by atoms with Crippen molar-refractivity contribution in [2.45, 2.75) is 59.1 Å². The summed E-state index contributed by atoms with van der Waals surface area (Å²) < 4.78 is 44.3. The fourth-order valence-electron chi connectivity index (χ4n) is 3.54. The molecule has 0 saturated carbocycles. The summed E-state index contributed by atoms with van der Waals surface area (Å²) in [4.78, 5) is 5.53. The number of rotatable bonds is 9. The number of nitrogens with one attached hydrogen (secondary N) is 1. The Morgan fingerprint density at radius 3 is 2.61 bits per heavy atom. The molecule has 0 unspecified atom stereocenters. The number of aryl methyl sites for hydroxylation is 2. The van der Waals surface area contributed by atoms with Gasteiger partial charge < -0.3 is 10.2 Å². The molecule has 0 saturated heterocycles. The van der Waals surface area contributed by atoms with Gasteiger partial charge >= 0.3 is 6.18 Å². The molecule has 3 rings (SSSR count). The van der Waals surface area contributed by atoms with Crippen LogP contribution in [0.2, 0.25) is 0 Å². The smallest absolute Gasteiger partial charge is 0.430 e. The van der Waals surface area contributed by atoms with Gasteiger partial charge in [0, 0.05) is 10.4 Å². The van der Waals surface area contributed by atoms with Gasteiger partial charge in [0.15, 0.2) is 0 Å². The zero-order chi connectivity index (χ0) is 24.2. The molecule has 176 valence electrons. The minimum atomic E-state index is -4.70. The Hall–Kier alpha value is -2.87. The summed E-state index contributed by atoms with van der Waals surface area (Å²) in [5, 5.41) is 10.3. The van der Waals surface area contributed by atoms with Gasteiger partial charge in [0.25, 0.3) is 0 Å². The molecule has 0 atom stereocenters. The van der Waals surface area contributed by atoms with Gasteiger partial charge in [-0.1, -0.05) is 26.2 Å². The van der Waals surface area contributed by atoms with Crippen molar-refractivity contribution in [1.82, 2.24) is 4.98 Å². The van der Waals surface area contributed by atoms with E-state index in [2.05, 4.69) is 18.0 Å². The fraction of sp³-hybridized carbons (Fsp3) is 0.360. The Bertz CT molecular complexity index is 1160. The molecule has 3 heterocycles. The number of thiophene rings is 1. The van der Waals surface area contributed by atoms with Crippen molar-refractivity contribution in [3.63, 3.8) is 0 Å². The Balaban J connectivity index is 2.07. The third-order valence-electron chi connectivity index (χ3n) is 5.60. The number of nitrogens with two attached hydrogens (primary N) is 1. The van der Waals surface area contributed by atoms with Crippen LogP contribution in [0.25, 0.3) is 21.7 Å². The number of nitrogens with zero attached hydrogens (tertiary/aromatic N) is 1. The van der Waals surface area contributed by atoms with Crippen molar-refractivity contribution in [1.29, 1.82) is 5.41 Å². The average molecular weight is 476 g/mol.